The molecule has 0 aromatic heterocycles. The summed E-state index contributed by atoms with van der Waals surface area (Å²) in [6.45, 7) is 7.34. The van der Waals surface area contributed by atoms with Gasteiger partial charge in [0, 0.05) is 46.8 Å². The van der Waals surface area contributed by atoms with Crippen LogP contribution in [0.2, 0.25) is 0 Å². The van der Waals surface area contributed by atoms with Crippen molar-refractivity contribution in [1.82, 2.24) is 16.0 Å². The van der Waals surface area contributed by atoms with Crippen LogP contribution in [0.25, 0.3) is 0 Å². The molecular formula is C16H32N4O2. The van der Waals surface area contributed by atoms with Crippen molar-refractivity contribution >= 4 is 11.9 Å². The van der Waals surface area contributed by atoms with E-state index < -0.39 is 0 Å². The SMILES string of the molecule is CCNC(=NCC1(CCOC)CCCC1)NCCNC(C)=O. The Hall–Kier alpha value is -1.30. The van der Waals surface area contributed by atoms with Gasteiger partial charge in [0.05, 0.1) is 0 Å². The Kier molecular flexibility index (Phi) is 8.89. The summed E-state index contributed by atoms with van der Waals surface area (Å²) in [5, 5.41) is 9.30. The van der Waals surface area contributed by atoms with E-state index in [-0.39, 0.29) is 5.91 Å². The highest BCUT2D eigenvalue weighted by Crippen LogP contribution is 2.41. The predicted molar refractivity (Wildman–Crippen MR) is 90.1 cm³/mol. The standard InChI is InChI=1S/C16H32N4O2/c1-4-17-15(19-11-10-18-14(2)21)20-13-16(9-12-22-3)7-5-6-8-16/h4-13H2,1-3H3,(H,18,21)(H2,17,19,20). The van der Waals surface area contributed by atoms with Crippen LogP contribution in [0.3, 0.4) is 0 Å². The average molecular weight is 312 g/mol. The normalized spacial score (nSPS) is 17.3. The maximum absolute atomic E-state index is 10.9. The smallest absolute Gasteiger partial charge is 0.216 e. The van der Waals surface area contributed by atoms with E-state index in [0.29, 0.717) is 18.5 Å². The number of guanidine groups is 1. The van der Waals surface area contributed by atoms with Crippen molar-refractivity contribution in [3.63, 3.8) is 0 Å². The Labute approximate surface area is 134 Å². The molecule has 0 aromatic rings. The Balaban J connectivity index is 2.49. The van der Waals surface area contributed by atoms with E-state index >= 15 is 0 Å². The van der Waals surface area contributed by atoms with Crippen LogP contribution in [0.4, 0.5) is 0 Å². The van der Waals surface area contributed by atoms with E-state index in [2.05, 4.69) is 22.9 Å². The zero-order valence-corrected chi connectivity index (χ0v) is 14.3. The molecule has 0 atom stereocenters. The van der Waals surface area contributed by atoms with E-state index in [1.165, 1.54) is 32.6 Å². The van der Waals surface area contributed by atoms with Crippen molar-refractivity contribution in [3.05, 3.63) is 0 Å². The lowest BCUT2D eigenvalue weighted by molar-refractivity contribution is -0.118. The summed E-state index contributed by atoms with van der Waals surface area (Å²) in [5.41, 5.74) is 0.302. The van der Waals surface area contributed by atoms with Gasteiger partial charge in [-0.25, -0.2) is 0 Å². The summed E-state index contributed by atoms with van der Waals surface area (Å²) in [7, 11) is 1.76. The van der Waals surface area contributed by atoms with Gasteiger partial charge < -0.3 is 20.7 Å². The van der Waals surface area contributed by atoms with E-state index in [1.54, 1.807) is 7.11 Å². The van der Waals surface area contributed by atoms with Crippen molar-refractivity contribution < 1.29 is 9.53 Å². The first-order valence-electron chi connectivity index (χ1n) is 8.37. The summed E-state index contributed by atoms with van der Waals surface area (Å²) in [4.78, 5) is 15.6. The van der Waals surface area contributed by atoms with Crippen LogP contribution in [-0.2, 0) is 9.53 Å². The zero-order chi connectivity index (χ0) is 16.3. The topological polar surface area (TPSA) is 74.8 Å². The molecule has 0 saturated heterocycles. The van der Waals surface area contributed by atoms with Gasteiger partial charge in [-0.2, -0.15) is 0 Å². The van der Waals surface area contributed by atoms with Crippen molar-refractivity contribution in [3.8, 4) is 0 Å². The van der Waals surface area contributed by atoms with Crippen LogP contribution in [0.15, 0.2) is 4.99 Å². The van der Waals surface area contributed by atoms with E-state index in [1.807, 2.05) is 0 Å². The van der Waals surface area contributed by atoms with Crippen LogP contribution in [0, 0.1) is 5.41 Å². The second-order valence-electron chi connectivity index (χ2n) is 6.05. The van der Waals surface area contributed by atoms with Gasteiger partial charge in [-0.3, -0.25) is 9.79 Å². The number of methoxy groups -OCH3 is 1. The number of ether oxygens (including phenoxy) is 1. The van der Waals surface area contributed by atoms with Gasteiger partial charge >= 0.3 is 0 Å². The third-order valence-corrected chi connectivity index (χ3v) is 4.21. The minimum atomic E-state index is -0.00628. The largest absolute Gasteiger partial charge is 0.385 e. The van der Waals surface area contributed by atoms with Gasteiger partial charge in [0.25, 0.3) is 0 Å². The highest BCUT2D eigenvalue weighted by atomic mass is 16.5. The molecule has 0 aromatic carbocycles. The number of nitrogens with one attached hydrogen (secondary N) is 3. The molecular weight excluding hydrogens is 280 g/mol. The Morgan fingerprint density at radius 1 is 1.18 bits per heavy atom. The highest BCUT2D eigenvalue weighted by Gasteiger charge is 2.33. The molecule has 0 spiro atoms. The van der Waals surface area contributed by atoms with E-state index in [9.17, 15) is 4.79 Å². The number of aliphatic imine (C=N–C) groups is 1. The van der Waals surface area contributed by atoms with Gasteiger partial charge in [0.1, 0.15) is 0 Å². The molecule has 1 amide bonds. The third-order valence-electron chi connectivity index (χ3n) is 4.21. The van der Waals surface area contributed by atoms with Gasteiger partial charge in [-0.15, -0.1) is 0 Å². The first-order chi connectivity index (χ1) is 10.6. The summed E-state index contributed by atoms with van der Waals surface area (Å²) in [6, 6.07) is 0. The van der Waals surface area contributed by atoms with Crippen molar-refractivity contribution in [2.75, 3.05) is 39.9 Å². The minimum Gasteiger partial charge on any atom is -0.385 e. The molecule has 0 heterocycles. The lowest BCUT2D eigenvalue weighted by Crippen LogP contribution is -2.42. The van der Waals surface area contributed by atoms with Crippen LogP contribution in [0.5, 0.6) is 0 Å². The first kappa shape index (κ1) is 18.7. The van der Waals surface area contributed by atoms with Crippen LogP contribution in [0.1, 0.15) is 46.0 Å². The molecule has 128 valence electrons. The first-order valence-corrected chi connectivity index (χ1v) is 8.37. The number of amides is 1. The van der Waals surface area contributed by atoms with Crippen LogP contribution in [-0.4, -0.2) is 51.8 Å². The van der Waals surface area contributed by atoms with Gasteiger partial charge in [-0.05, 0) is 31.6 Å². The minimum absolute atomic E-state index is 0.00628. The summed E-state index contributed by atoms with van der Waals surface area (Å²) < 4.78 is 5.27. The van der Waals surface area contributed by atoms with Crippen molar-refractivity contribution in [2.24, 2.45) is 10.4 Å². The number of carbonyl (C=O) groups excluding carboxylic acids is 1. The Morgan fingerprint density at radius 3 is 2.45 bits per heavy atom. The third kappa shape index (κ3) is 7.11. The second-order valence-corrected chi connectivity index (χ2v) is 6.05. The monoisotopic (exact) mass is 312 g/mol. The number of nitrogens with zero attached hydrogens (tertiary/aromatic N) is 1. The molecule has 6 nitrogen and oxygen atoms in total. The molecule has 1 saturated carbocycles. The molecule has 1 rings (SSSR count). The summed E-state index contributed by atoms with van der Waals surface area (Å²) in [6.07, 6.45) is 6.16. The van der Waals surface area contributed by atoms with Crippen molar-refractivity contribution in [2.45, 2.75) is 46.0 Å². The van der Waals surface area contributed by atoms with Gasteiger partial charge in [0.2, 0.25) is 5.91 Å². The van der Waals surface area contributed by atoms with E-state index in [4.69, 9.17) is 9.73 Å². The molecule has 22 heavy (non-hydrogen) atoms. The van der Waals surface area contributed by atoms with Crippen molar-refractivity contribution in [1.29, 1.82) is 0 Å². The van der Waals surface area contributed by atoms with Crippen LogP contribution < -0.4 is 16.0 Å². The lowest BCUT2D eigenvalue weighted by atomic mass is 9.83. The molecule has 0 radical (unpaired) electrons. The van der Waals surface area contributed by atoms with E-state index in [0.717, 1.165) is 32.1 Å². The molecule has 0 aliphatic heterocycles. The molecule has 1 aliphatic rings. The number of carbonyl (C=O) groups is 1. The maximum Gasteiger partial charge on any atom is 0.216 e. The Morgan fingerprint density at radius 2 is 1.86 bits per heavy atom. The molecule has 3 N–H and O–H groups in total. The molecule has 0 unspecified atom stereocenters. The van der Waals surface area contributed by atoms with Crippen LogP contribution >= 0.6 is 0 Å². The fourth-order valence-electron chi connectivity index (χ4n) is 2.94. The molecule has 6 heteroatoms. The number of hydrogen-bond donors (Lipinski definition) is 3. The van der Waals surface area contributed by atoms with Gasteiger partial charge in [0.15, 0.2) is 5.96 Å². The maximum atomic E-state index is 10.9. The zero-order valence-electron chi connectivity index (χ0n) is 14.3. The fourth-order valence-corrected chi connectivity index (χ4v) is 2.94. The predicted octanol–water partition coefficient (Wildman–Crippen LogP) is 1.27. The number of rotatable bonds is 9. The lowest BCUT2D eigenvalue weighted by Gasteiger charge is -2.27. The average Bonchev–Trinajstić information content (AvgIpc) is 2.96. The van der Waals surface area contributed by atoms with Gasteiger partial charge in [-0.1, -0.05) is 12.8 Å². The summed E-state index contributed by atoms with van der Waals surface area (Å²) in [5.74, 6) is 0.824. The Bertz CT molecular complexity index is 352. The number of hydrogen-bond acceptors (Lipinski definition) is 3. The second kappa shape index (κ2) is 10.4. The summed E-state index contributed by atoms with van der Waals surface area (Å²) >= 11 is 0. The molecule has 0 bridgehead atoms. The molecule has 1 aliphatic carbocycles. The molecule has 1 fully saturated rings. The quantitative estimate of drug-likeness (QED) is 0.340. The highest BCUT2D eigenvalue weighted by molar-refractivity contribution is 5.79. The fraction of sp³-hybridized carbons (Fsp3) is 0.875.